The third-order valence-electron chi connectivity index (χ3n) is 2.02. The summed E-state index contributed by atoms with van der Waals surface area (Å²) < 4.78 is 4.75. The first-order valence-corrected chi connectivity index (χ1v) is 4.69. The number of cyclic esters (lactones) is 1. The number of β-amino-alcohol motifs (C(OH)–C–C–N with tert-alkyl or cyclic N) is 1. The largest absolute Gasteiger partial charge is 0.448 e. The fourth-order valence-electron chi connectivity index (χ4n) is 1.46. The van der Waals surface area contributed by atoms with Crippen LogP contribution < -0.4 is 0 Å². The summed E-state index contributed by atoms with van der Waals surface area (Å²) in [6.07, 6.45) is -0.00231. The SMILES string of the molecule is CC(C)CC(O)CN1CCOC1=O. The summed E-state index contributed by atoms with van der Waals surface area (Å²) in [5.41, 5.74) is 0. The molecule has 0 aromatic rings. The molecule has 0 aromatic carbocycles. The molecule has 4 nitrogen and oxygen atoms in total. The molecule has 1 aliphatic rings. The van der Waals surface area contributed by atoms with Crippen molar-refractivity contribution >= 4 is 6.09 Å². The fraction of sp³-hybridized carbons (Fsp3) is 0.889. The molecule has 76 valence electrons. The fourth-order valence-corrected chi connectivity index (χ4v) is 1.46. The molecule has 1 N–H and O–H groups in total. The lowest BCUT2D eigenvalue weighted by Crippen LogP contribution is -2.33. The Hall–Kier alpha value is -0.770. The molecule has 0 saturated carbocycles. The van der Waals surface area contributed by atoms with E-state index in [-0.39, 0.29) is 6.09 Å². The Morgan fingerprint density at radius 2 is 2.31 bits per heavy atom. The van der Waals surface area contributed by atoms with Gasteiger partial charge in [-0.1, -0.05) is 13.8 Å². The zero-order valence-electron chi connectivity index (χ0n) is 8.19. The summed E-state index contributed by atoms with van der Waals surface area (Å²) in [5, 5.41) is 9.55. The highest BCUT2D eigenvalue weighted by molar-refractivity contribution is 5.69. The lowest BCUT2D eigenvalue weighted by atomic mass is 10.1. The Morgan fingerprint density at radius 3 is 2.77 bits per heavy atom. The molecule has 1 heterocycles. The lowest BCUT2D eigenvalue weighted by molar-refractivity contribution is 0.104. The van der Waals surface area contributed by atoms with Crippen LogP contribution in [0, 0.1) is 5.92 Å². The number of nitrogens with zero attached hydrogens (tertiary/aromatic N) is 1. The van der Waals surface area contributed by atoms with Gasteiger partial charge in [0.25, 0.3) is 0 Å². The van der Waals surface area contributed by atoms with Crippen molar-refractivity contribution in [1.82, 2.24) is 4.90 Å². The van der Waals surface area contributed by atoms with Crippen LogP contribution in [0.4, 0.5) is 4.79 Å². The van der Waals surface area contributed by atoms with Gasteiger partial charge in [0.2, 0.25) is 0 Å². The van der Waals surface area contributed by atoms with Gasteiger partial charge >= 0.3 is 6.09 Å². The maximum absolute atomic E-state index is 11.0. The molecule has 4 heteroatoms. The summed E-state index contributed by atoms with van der Waals surface area (Å²) >= 11 is 0. The average Bonchev–Trinajstić information content (AvgIpc) is 2.34. The number of hydrogen-bond donors (Lipinski definition) is 1. The smallest absolute Gasteiger partial charge is 0.410 e. The molecule has 0 spiro atoms. The zero-order valence-corrected chi connectivity index (χ0v) is 8.19. The Balaban J connectivity index is 2.27. The second kappa shape index (κ2) is 4.46. The molecular weight excluding hydrogens is 170 g/mol. The molecule has 13 heavy (non-hydrogen) atoms. The van der Waals surface area contributed by atoms with Crippen LogP contribution in [0.15, 0.2) is 0 Å². The Bertz CT molecular complexity index is 182. The van der Waals surface area contributed by atoms with E-state index in [0.29, 0.717) is 25.6 Å². The Labute approximate surface area is 78.5 Å². The van der Waals surface area contributed by atoms with Gasteiger partial charge in [-0.2, -0.15) is 0 Å². The van der Waals surface area contributed by atoms with Crippen molar-refractivity contribution < 1.29 is 14.6 Å². The number of carbonyl (C=O) groups is 1. The van der Waals surface area contributed by atoms with Crippen LogP contribution in [0.1, 0.15) is 20.3 Å². The number of aliphatic hydroxyl groups excluding tert-OH is 1. The van der Waals surface area contributed by atoms with Crippen LogP contribution >= 0.6 is 0 Å². The van der Waals surface area contributed by atoms with Crippen LogP contribution in [0.3, 0.4) is 0 Å². The van der Waals surface area contributed by atoms with Gasteiger partial charge in [-0.25, -0.2) is 4.79 Å². The standard InChI is InChI=1S/C9H17NO3/c1-7(2)5-8(11)6-10-3-4-13-9(10)12/h7-8,11H,3-6H2,1-2H3. The van der Waals surface area contributed by atoms with Crippen molar-refractivity contribution in [2.24, 2.45) is 5.92 Å². The van der Waals surface area contributed by atoms with Gasteiger partial charge in [0.1, 0.15) is 6.61 Å². The van der Waals surface area contributed by atoms with Crippen molar-refractivity contribution in [1.29, 1.82) is 0 Å². The van der Waals surface area contributed by atoms with Crippen molar-refractivity contribution in [2.75, 3.05) is 19.7 Å². The molecule has 0 radical (unpaired) electrons. The average molecular weight is 187 g/mol. The van der Waals surface area contributed by atoms with E-state index in [1.807, 2.05) is 13.8 Å². The van der Waals surface area contributed by atoms with Crippen LogP contribution in [0.2, 0.25) is 0 Å². The van der Waals surface area contributed by atoms with Gasteiger partial charge in [0, 0.05) is 0 Å². The van der Waals surface area contributed by atoms with E-state index < -0.39 is 6.10 Å². The maximum Gasteiger partial charge on any atom is 0.410 e. The number of hydrogen-bond acceptors (Lipinski definition) is 3. The highest BCUT2D eigenvalue weighted by Crippen LogP contribution is 2.09. The monoisotopic (exact) mass is 187 g/mol. The molecule has 1 unspecified atom stereocenters. The van der Waals surface area contributed by atoms with Gasteiger partial charge in [-0.05, 0) is 12.3 Å². The number of aliphatic hydroxyl groups is 1. The number of carbonyl (C=O) groups excluding carboxylic acids is 1. The first kappa shape index (κ1) is 10.3. The van der Waals surface area contributed by atoms with Gasteiger partial charge in [-0.15, -0.1) is 0 Å². The molecular formula is C9H17NO3. The van der Waals surface area contributed by atoms with Gasteiger partial charge in [-0.3, -0.25) is 0 Å². The predicted molar refractivity (Wildman–Crippen MR) is 48.4 cm³/mol. The van der Waals surface area contributed by atoms with Crippen molar-refractivity contribution in [3.8, 4) is 0 Å². The minimum Gasteiger partial charge on any atom is -0.448 e. The summed E-state index contributed by atoms with van der Waals surface area (Å²) in [7, 11) is 0. The van der Waals surface area contributed by atoms with Crippen molar-refractivity contribution in [3.63, 3.8) is 0 Å². The van der Waals surface area contributed by atoms with E-state index in [2.05, 4.69) is 0 Å². The van der Waals surface area contributed by atoms with E-state index in [1.165, 1.54) is 0 Å². The van der Waals surface area contributed by atoms with Crippen LogP contribution in [-0.4, -0.2) is 41.9 Å². The second-order valence-electron chi connectivity index (χ2n) is 3.84. The van der Waals surface area contributed by atoms with Crippen LogP contribution in [-0.2, 0) is 4.74 Å². The van der Waals surface area contributed by atoms with Gasteiger partial charge in [0.15, 0.2) is 0 Å². The first-order valence-electron chi connectivity index (χ1n) is 4.69. The molecule has 0 aromatic heterocycles. The summed E-state index contributed by atoms with van der Waals surface area (Å²) in [6, 6.07) is 0. The van der Waals surface area contributed by atoms with Crippen molar-refractivity contribution in [2.45, 2.75) is 26.4 Å². The quantitative estimate of drug-likeness (QED) is 0.709. The van der Waals surface area contributed by atoms with Crippen molar-refractivity contribution in [3.05, 3.63) is 0 Å². The summed E-state index contributed by atoms with van der Waals surface area (Å²) in [6.45, 7) is 5.55. The predicted octanol–water partition coefficient (Wildman–Crippen LogP) is 0.846. The molecule has 1 aliphatic heterocycles. The molecule has 1 rings (SSSR count). The Kier molecular flexibility index (Phi) is 3.54. The zero-order chi connectivity index (χ0) is 9.84. The number of rotatable bonds is 4. The highest BCUT2D eigenvalue weighted by atomic mass is 16.6. The minimum absolute atomic E-state index is 0.303. The van der Waals surface area contributed by atoms with Gasteiger partial charge < -0.3 is 14.7 Å². The summed E-state index contributed by atoms with van der Waals surface area (Å²) in [5.74, 6) is 0.452. The van der Waals surface area contributed by atoms with Crippen LogP contribution in [0.25, 0.3) is 0 Å². The Morgan fingerprint density at radius 1 is 1.62 bits per heavy atom. The topological polar surface area (TPSA) is 49.8 Å². The van der Waals surface area contributed by atoms with E-state index >= 15 is 0 Å². The molecule has 0 bridgehead atoms. The van der Waals surface area contributed by atoms with E-state index in [9.17, 15) is 9.90 Å². The van der Waals surface area contributed by atoms with E-state index in [0.717, 1.165) is 6.42 Å². The highest BCUT2D eigenvalue weighted by Gasteiger charge is 2.24. The van der Waals surface area contributed by atoms with E-state index in [1.54, 1.807) is 4.90 Å². The lowest BCUT2D eigenvalue weighted by Gasteiger charge is -2.18. The summed E-state index contributed by atoms with van der Waals surface area (Å²) in [4.78, 5) is 12.5. The van der Waals surface area contributed by atoms with E-state index in [4.69, 9.17) is 4.74 Å². The molecule has 1 atom stereocenters. The second-order valence-corrected chi connectivity index (χ2v) is 3.84. The first-order chi connectivity index (χ1) is 6.09. The molecule has 0 aliphatic carbocycles. The molecule has 1 fully saturated rings. The molecule has 1 saturated heterocycles. The van der Waals surface area contributed by atoms with Crippen LogP contribution in [0.5, 0.6) is 0 Å². The maximum atomic E-state index is 11.0. The minimum atomic E-state index is -0.425. The molecule has 1 amide bonds. The normalized spacial score (nSPS) is 19.4. The van der Waals surface area contributed by atoms with Gasteiger partial charge in [0.05, 0.1) is 19.2 Å². The number of ether oxygens (including phenoxy) is 1. The third-order valence-corrected chi connectivity index (χ3v) is 2.02. The number of amides is 1. The third kappa shape index (κ3) is 3.22.